The Morgan fingerprint density at radius 1 is 1.08 bits per heavy atom. The van der Waals surface area contributed by atoms with Gasteiger partial charge in [0.1, 0.15) is 22.6 Å². The van der Waals surface area contributed by atoms with Crippen molar-refractivity contribution in [3.05, 3.63) is 24.0 Å². The standard InChI is InChI=1S/C16H23N3O5/c1-15(2,3)23-13(21)18-12(11-8-7-10(20)9-17-11)19-14(22)24-16(4,5)6/h7-9,20H,1-6H3,(H,18,19,21,22). The molecule has 132 valence electrons. The van der Waals surface area contributed by atoms with Crippen molar-refractivity contribution in [2.75, 3.05) is 0 Å². The van der Waals surface area contributed by atoms with E-state index < -0.39 is 23.4 Å². The smallest absolute Gasteiger partial charge is 0.436 e. The Balaban J connectivity index is 3.05. The van der Waals surface area contributed by atoms with Crippen molar-refractivity contribution in [1.29, 1.82) is 0 Å². The van der Waals surface area contributed by atoms with E-state index in [4.69, 9.17) is 9.47 Å². The number of ether oxygens (including phenoxy) is 2. The minimum absolute atomic E-state index is 0.0624. The number of rotatable bonds is 1. The number of aliphatic imine (C=N–C) groups is 1. The van der Waals surface area contributed by atoms with Gasteiger partial charge in [0.05, 0.1) is 6.20 Å². The summed E-state index contributed by atoms with van der Waals surface area (Å²) >= 11 is 0. The van der Waals surface area contributed by atoms with Gasteiger partial charge in [-0.1, -0.05) is 0 Å². The number of pyridine rings is 1. The summed E-state index contributed by atoms with van der Waals surface area (Å²) in [6.45, 7) is 10.2. The van der Waals surface area contributed by atoms with Crippen molar-refractivity contribution in [2.45, 2.75) is 52.7 Å². The molecule has 0 unspecified atom stereocenters. The first kappa shape index (κ1) is 19.4. The van der Waals surface area contributed by atoms with Crippen LogP contribution in [0.4, 0.5) is 9.59 Å². The van der Waals surface area contributed by atoms with Crippen molar-refractivity contribution < 1.29 is 24.2 Å². The zero-order chi connectivity index (χ0) is 18.5. The van der Waals surface area contributed by atoms with Crippen LogP contribution in [0.15, 0.2) is 23.3 Å². The second-order valence-corrected chi connectivity index (χ2v) is 6.97. The molecule has 0 bridgehead atoms. The van der Waals surface area contributed by atoms with E-state index in [-0.39, 0.29) is 17.3 Å². The monoisotopic (exact) mass is 337 g/mol. The van der Waals surface area contributed by atoms with Gasteiger partial charge in [0, 0.05) is 0 Å². The lowest BCUT2D eigenvalue weighted by Crippen LogP contribution is -2.38. The highest BCUT2D eigenvalue weighted by atomic mass is 16.6. The summed E-state index contributed by atoms with van der Waals surface area (Å²) in [5.74, 6) is -0.203. The summed E-state index contributed by atoms with van der Waals surface area (Å²) < 4.78 is 10.2. The zero-order valence-electron chi connectivity index (χ0n) is 14.7. The molecule has 0 radical (unpaired) electrons. The molecule has 8 nitrogen and oxygen atoms in total. The number of aromatic hydroxyl groups is 1. The molecule has 0 saturated carbocycles. The van der Waals surface area contributed by atoms with Gasteiger partial charge < -0.3 is 14.6 Å². The predicted octanol–water partition coefficient (Wildman–Crippen LogP) is 2.99. The summed E-state index contributed by atoms with van der Waals surface area (Å²) in [6.07, 6.45) is -0.514. The van der Waals surface area contributed by atoms with Crippen LogP contribution in [0.3, 0.4) is 0 Å². The molecule has 0 aliphatic rings. The van der Waals surface area contributed by atoms with Gasteiger partial charge in [0.25, 0.3) is 0 Å². The van der Waals surface area contributed by atoms with E-state index in [2.05, 4.69) is 15.3 Å². The van der Waals surface area contributed by atoms with Gasteiger partial charge in [0.2, 0.25) is 0 Å². The SMILES string of the molecule is CC(C)(C)OC(=O)N=C(NC(=O)OC(C)(C)C)c1ccc(O)cn1. The van der Waals surface area contributed by atoms with Crippen molar-refractivity contribution in [3.63, 3.8) is 0 Å². The van der Waals surface area contributed by atoms with Crippen LogP contribution >= 0.6 is 0 Å². The van der Waals surface area contributed by atoms with E-state index in [1.54, 1.807) is 41.5 Å². The van der Waals surface area contributed by atoms with Crippen molar-refractivity contribution >= 4 is 18.0 Å². The van der Waals surface area contributed by atoms with Crippen molar-refractivity contribution in [3.8, 4) is 5.75 Å². The maximum Gasteiger partial charge on any atom is 0.436 e. The minimum atomic E-state index is -0.886. The predicted molar refractivity (Wildman–Crippen MR) is 88.0 cm³/mol. The summed E-state index contributed by atoms with van der Waals surface area (Å²) in [7, 11) is 0. The molecule has 0 aromatic carbocycles. The van der Waals surface area contributed by atoms with Crippen LogP contribution < -0.4 is 5.32 Å². The quantitative estimate of drug-likeness (QED) is 0.602. The van der Waals surface area contributed by atoms with Crippen LogP contribution in [0.1, 0.15) is 47.2 Å². The van der Waals surface area contributed by atoms with Crippen LogP contribution in [-0.2, 0) is 9.47 Å². The van der Waals surface area contributed by atoms with Crippen LogP contribution in [-0.4, -0.2) is 39.3 Å². The van der Waals surface area contributed by atoms with E-state index in [0.29, 0.717) is 0 Å². The summed E-state index contributed by atoms with van der Waals surface area (Å²) in [5.41, 5.74) is -1.28. The Bertz CT molecular complexity index is 625. The number of amidine groups is 1. The number of alkyl carbamates (subject to hydrolysis) is 1. The molecule has 1 aromatic heterocycles. The Kier molecular flexibility index (Phi) is 5.89. The third kappa shape index (κ3) is 7.57. The van der Waals surface area contributed by atoms with E-state index >= 15 is 0 Å². The number of carbonyl (C=O) groups excluding carboxylic acids is 2. The lowest BCUT2D eigenvalue weighted by atomic mass is 10.2. The Morgan fingerprint density at radius 3 is 2.12 bits per heavy atom. The average molecular weight is 337 g/mol. The first-order valence-electron chi connectivity index (χ1n) is 7.33. The number of nitrogens with one attached hydrogen (secondary N) is 1. The molecule has 24 heavy (non-hydrogen) atoms. The van der Waals surface area contributed by atoms with Gasteiger partial charge >= 0.3 is 12.2 Å². The van der Waals surface area contributed by atoms with Crippen LogP contribution in [0.5, 0.6) is 5.75 Å². The fourth-order valence-corrected chi connectivity index (χ4v) is 1.45. The Labute approximate surface area is 140 Å². The topological polar surface area (TPSA) is 110 Å². The van der Waals surface area contributed by atoms with Gasteiger partial charge in [-0.15, -0.1) is 0 Å². The lowest BCUT2D eigenvalue weighted by molar-refractivity contribution is 0.0562. The molecule has 0 aliphatic heterocycles. The molecule has 1 heterocycles. The molecule has 0 saturated heterocycles. The lowest BCUT2D eigenvalue weighted by Gasteiger charge is -2.20. The molecule has 0 aliphatic carbocycles. The molecule has 8 heteroatoms. The van der Waals surface area contributed by atoms with Crippen LogP contribution in [0, 0.1) is 0 Å². The van der Waals surface area contributed by atoms with E-state index in [1.807, 2.05) is 0 Å². The normalized spacial score (nSPS) is 12.5. The first-order chi connectivity index (χ1) is 10.9. The molecule has 1 aromatic rings. The second-order valence-electron chi connectivity index (χ2n) is 6.97. The third-order valence-corrected chi connectivity index (χ3v) is 2.21. The highest BCUT2D eigenvalue weighted by Gasteiger charge is 2.21. The highest BCUT2D eigenvalue weighted by molar-refractivity contribution is 6.08. The molecule has 2 N–H and O–H groups in total. The molecule has 2 amide bonds. The van der Waals surface area contributed by atoms with E-state index in [9.17, 15) is 14.7 Å². The minimum Gasteiger partial charge on any atom is -0.506 e. The summed E-state index contributed by atoms with van der Waals surface area (Å²) in [4.78, 5) is 31.5. The zero-order valence-corrected chi connectivity index (χ0v) is 14.7. The number of hydrogen-bond donors (Lipinski definition) is 2. The molecular weight excluding hydrogens is 314 g/mol. The number of nitrogens with zero attached hydrogens (tertiary/aromatic N) is 2. The fraction of sp³-hybridized carbons (Fsp3) is 0.500. The molecule has 0 spiro atoms. The average Bonchev–Trinajstić information content (AvgIpc) is 2.34. The fourth-order valence-electron chi connectivity index (χ4n) is 1.45. The third-order valence-electron chi connectivity index (χ3n) is 2.21. The first-order valence-corrected chi connectivity index (χ1v) is 7.33. The summed E-state index contributed by atoms with van der Waals surface area (Å²) in [6, 6.07) is 2.75. The van der Waals surface area contributed by atoms with Crippen LogP contribution in [0.25, 0.3) is 0 Å². The second kappa shape index (κ2) is 7.29. The van der Waals surface area contributed by atoms with E-state index in [0.717, 1.165) is 6.20 Å². The van der Waals surface area contributed by atoms with E-state index in [1.165, 1.54) is 12.1 Å². The molecule has 1 rings (SSSR count). The Hall–Kier alpha value is -2.64. The van der Waals surface area contributed by atoms with Crippen LogP contribution in [0.2, 0.25) is 0 Å². The molecule has 0 atom stereocenters. The van der Waals surface area contributed by atoms with Gasteiger partial charge in [-0.2, -0.15) is 4.99 Å². The summed E-state index contributed by atoms with van der Waals surface area (Å²) in [5, 5.41) is 11.7. The van der Waals surface area contributed by atoms with Gasteiger partial charge in [0.15, 0.2) is 5.84 Å². The number of amides is 2. The van der Waals surface area contributed by atoms with Gasteiger partial charge in [-0.3, -0.25) is 5.32 Å². The van der Waals surface area contributed by atoms with Gasteiger partial charge in [-0.05, 0) is 53.7 Å². The number of hydrogen-bond acceptors (Lipinski definition) is 6. The number of aromatic nitrogens is 1. The highest BCUT2D eigenvalue weighted by Crippen LogP contribution is 2.11. The Morgan fingerprint density at radius 2 is 1.67 bits per heavy atom. The maximum atomic E-state index is 11.9. The maximum absolute atomic E-state index is 11.9. The number of carbonyl (C=O) groups is 2. The molecular formula is C16H23N3O5. The van der Waals surface area contributed by atoms with Crippen molar-refractivity contribution in [2.24, 2.45) is 4.99 Å². The molecule has 0 fully saturated rings. The largest absolute Gasteiger partial charge is 0.506 e. The van der Waals surface area contributed by atoms with Gasteiger partial charge in [-0.25, -0.2) is 14.6 Å². The van der Waals surface area contributed by atoms with Crippen molar-refractivity contribution in [1.82, 2.24) is 10.3 Å².